The molecule has 0 spiro atoms. The molecular formula is C17H17N5O4. The standard InChI is InChI=1S/C17H17N5O4/c1-22(17-18-8-3-9-19-17)10-15(23)25-11-14-20-16(21-26-14)12-4-6-13(24-2)7-5-12/h3-9H,10-11H2,1-2H3. The highest BCUT2D eigenvalue weighted by Gasteiger charge is 2.14. The Morgan fingerprint density at radius 1 is 1.19 bits per heavy atom. The van der Waals surface area contributed by atoms with Crippen molar-refractivity contribution >= 4 is 11.9 Å². The maximum absolute atomic E-state index is 11.9. The molecule has 0 radical (unpaired) electrons. The molecule has 0 aliphatic rings. The monoisotopic (exact) mass is 355 g/mol. The van der Waals surface area contributed by atoms with E-state index >= 15 is 0 Å². The van der Waals surface area contributed by atoms with Crippen molar-refractivity contribution in [3.8, 4) is 17.1 Å². The van der Waals surface area contributed by atoms with Crippen LogP contribution in [-0.4, -0.2) is 46.8 Å². The predicted molar refractivity (Wildman–Crippen MR) is 91.4 cm³/mol. The number of carbonyl (C=O) groups excluding carboxylic acids is 1. The van der Waals surface area contributed by atoms with Crippen LogP contribution in [0.15, 0.2) is 47.2 Å². The molecule has 134 valence electrons. The largest absolute Gasteiger partial charge is 0.497 e. The molecule has 0 bridgehead atoms. The fourth-order valence-corrected chi connectivity index (χ4v) is 2.11. The molecule has 0 saturated heterocycles. The Labute approximate surface area is 149 Å². The summed E-state index contributed by atoms with van der Waals surface area (Å²) in [5.74, 6) is 1.34. The van der Waals surface area contributed by atoms with Gasteiger partial charge in [0.05, 0.1) is 7.11 Å². The number of hydrogen-bond donors (Lipinski definition) is 0. The van der Waals surface area contributed by atoms with E-state index in [4.69, 9.17) is 14.0 Å². The summed E-state index contributed by atoms with van der Waals surface area (Å²) in [6.07, 6.45) is 3.20. The van der Waals surface area contributed by atoms with Gasteiger partial charge in [-0.1, -0.05) is 5.16 Å². The van der Waals surface area contributed by atoms with E-state index in [0.29, 0.717) is 11.8 Å². The van der Waals surface area contributed by atoms with Crippen LogP contribution in [0.1, 0.15) is 5.89 Å². The minimum Gasteiger partial charge on any atom is -0.497 e. The zero-order valence-corrected chi connectivity index (χ0v) is 14.3. The number of anilines is 1. The Morgan fingerprint density at radius 2 is 1.92 bits per heavy atom. The summed E-state index contributed by atoms with van der Waals surface area (Å²) in [5.41, 5.74) is 0.771. The average molecular weight is 355 g/mol. The first-order valence-electron chi connectivity index (χ1n) is 7.76. The summed E-state index contributed by atoms with van der Waals surface area (Å²) < 4.78 is 15.4. The molecule has 0 aliphatic heterocycles. The predicted octanol–water partition coefficient (Wildman–Crippen LogP) is 1.71. The molecule has 9 nitrogen and oxygen atoms in total. The molecule has 0 amide bonds. The summed E-state index contributed by atoms with van der Waals surface area (Å²) in [4.78, 5) is 25.8. The van der Waals surface area contributed by atoms with E-state index in [2.05, 4.69) is 20.1 Å². The number of esters is 1. The quantitative estimate of drug-likeness (QED) is 0.586. The van der Waals surface area contributed by atoms with E-state index in [1.165, 1.54) is 0 Å². The smallest absolute Gasteiger partial charge is 0.326 e. The van der Waals surface area contributed by atoms with Gasteiger partial charge in [0, 0.05) is 25.0 Å². The van der Waals surface area contributed by atoms with Crippen molar-refractivity contribution in [2.45, 2.75) is 6.61 Å². The average Bonchev–Trinajstić information content (AvgIpc) is 3.16. The molecule has 9 heteroatoms. The van der Waals surface area contributed by atoms with Crippen molar-refractivity contribution in [2.24, 2.45) is 0 Å². The summed E-state index contributed by atoms with van der Waals surface area (Å²) in [6.45, 7) is -0.102. The van der Waals surface area contributed by atoms with Crippen molar-refractivity contribution in [2.75, 3.05) is 25.6 Å². The normalized spacial score (nSPS) is 10.4. The van der Waals surface area contributed by atoms with E-state index < -0.39 is 5.97 Å². The number of nitrogens with zero attached hydrogens (tertiary/aromatic N) is 5. The Bertz CT molecular complexity index is 851. The second-order valence-corrected chi connectivity index (χ2v) is 5.31. The van der Waals surface area contributed by atoms with Gasteiger partial charge in [-0.2, -0.15) is 4.98 Å². The number of benzene rings is 1. The summed E-state index contributed by atoms with van der Waals surface area (Å²) in [6, 6.07) is 8.92. The van der Waals surface area contributed by atoms with Crippen LogP contribution in [0.4, 0.5) is 5.95 Å². The van der Waals surface area contributed by atoms with Gasteiger partial charge in [0.15, 0.2) is 6.61 Å². The lowest BCUT2D eigenvalue weighted by Crippen LogP contribution is -2.28. The van der Waals surface area contributed by atoms with E-state index in [-0.39, 0.29) is 19.0 Å². The zero-order chi connectivity index (χ0) is 18.4. The highest BCUT2D eigenvalue weighted by molar-refractivity contribution is 5.74. The van der Waals surface area contributed by atoms with Gasteiger partial charge in [-0.3, -0.25) is 4.79 Å². The van der Waals surface area contributed by atoms with E-state index in [9.17, 15) is 4.79 Å². The van der Waals surface area contributed by atoms with Crippen LogP contribution in [0.2, 0.25) is 0 Å². The van der Waals surface area contributed by atoms with Gasteiger partial charge in [-0.25, -0.2) is 9.97 Å². The molecule has 3 aromatic rings. The maximum atomic E-state index is 11.9. The van der Waals surface area contributed by atoms with Crippen molar-refractivity contribution in [1.82, 2.24) is 20.1 Å². The molecule has 1 aromatic carbocycles. The van der Waals surface area contributed by atoms with Crippen molar-refractivity contribution in [1.29, 1.82) is 0 Å². The molecule has 3 rings (SSSR count). The first kappa shape index (κ1) is 17.3. The fraction of sp³-hybridized carbons (Fsp3) is 0.235. The number of methoxy groups -OCH3 is 1. The molecule has 0 unspecified atom stereocenters. The Kier molecular flexibility index (Phi) is 5.37. The second-order valence-electron chi connectivity index (χ2n) is 5.31. The lowest BCUT2D eigenvalue weighted by Gasteiger charge is -2.14. The molecule has 2 aromatic heterocycles. The summed E-state index contributed by atoms with van der Waals surface area (Å²) in [5, 5.41) is 3.88. The lowest BCUT2D eigenvalue weighted by molar-refractivity contribution is -0.144. The van der Waals surface area contributed by atoms with Gasteiger partial charge in [-0.15, -0.1) is 0 Å². The third-order valence-corrected chi connectivity index (χ3v) is 3.43. The van der Waals surface area contributed by atoms with Crippen LogP contribution >= 0.6 is 0 Å². The second kappa shape index (κ2) is 8.06. The third-order valence-electron chi connectivity index (χ3n) is 3.43. The lowest BCUT2D eigenvalue weighted by atomic mass is 10.2. The molecule has 0 aliphatic carbocycles. The van der Waals surface area contributed by atoms with Crippen molar-refractivity contribution in [3.63, 3.8) is 0 Å². The molecule has 0 saturated carbocycles. The SMILES string of the molecule is COc1ccc(-c2noc(COC(=O)CN(C)c3ncccn3)n2)cc1. The van der Waals surface area contributed by atoms with Gasteiger partial charge in [0.25, 0.3) is 5.89 Å². The van der Waals surface area contributed by atoms with Gasteiger partial charge >= 0.3 is 5.97 Å². The fourth-order valence-electron chi connectivity index (χ4n) is 2.11. The number of carbonyl (C=O) groups is 1. The zero-order valence-electron chi connectivity index (χ0n) is 14.3. The van der Waals surface area contributed by atoms with Crippen LogP contribution in [0.5, 0.6) is 5.75 Å². The first-order chi connectivity index (χ1) is 12.7. The van der Waals surface area contributed by atoms with Gasteiger partial charge in [0.2, 0.25) is 11.8 Å². The Morgan fingerprint density at radius 3 is 2.62 bits per heavy atom. The van der Waals surface area contributed by atoms with Crippen LogP contribution in [0.25, 0.3) is 11.4 Å². The molecular weight excluding hydrogens is 338 g/mol. The summed E-state index contributed by atoms with van der Waals surface area (Å²) >= 11 is 0. The van der Waals surface area contributed by atoms with Gasteiger partial charge in [-0.05, 0) is 30.3 Å². The number of rotatable bonds is 7. The summed E-state index contributed by atoms with van der Waals surface area (Å²) in [7, 11) is 3.29. The molecule has 0 atom stereocenters. The minimum absolute atomic E-state index is 0.00346. The van der Waals surface area contributed by atoms with E-state index in [1.807, 2.05) is 12.1 Å². The van der Waals surface area contributed by atoms with E-state index in [0.717, 1.165) is 11.3 Å². The molecule has 26 heavy (non-hydrogen) atoms. The van der Waals surface area contributed by atoms with E-state index in [1.54, 1.807) is 49.7 Å². The van der Waals surface area contributed by atoms with Crippen molar-refractivity contribution in [3.05, 3.63) is 48.6 Å². The molecule has 2 heterocycles. The maximum Gasteiger partial charge on any atom is 0.326 e. The van der Waals surface area contributed by atoms with Crippen LogP contribution in [0, 0.1) is 0 Å². The van der Waals surface area contributed by atoms with Crippen molar-refractivity contribution < 1.29 is 18.8 Å². The first-order valence-corrected chi connectivity index (χ1v) is 7.76. The number of likely N-dealkylation sites (N-methyl/N-ethyl adjacent to an activating group) is 1. The molecule has 0 N–H and O–H groups in total. The van der Waals surface area contributed by atoms with Crippen LogP contribution in [0.3, 0.4) is 0 Å². The minimum atomic E-state index is -0.454. The third kappa shape index (κ3) is 4.32. The number of ether oxygens (including phenoxy) is 2. The van der Waals surface area contributed by atoms with Gasteiger partial charge in [0.1, 0.15) is 12.3 Å². The Balaban J connectivity index is 1.53. The number of hydrogen-bond acceptors (Lipinski definition) is 9. The van der Waals surface area contributed by atoms with Gasteiger partial charge < -0.3 is 18.9 Å². The Hall–Kier alpha value is -3.49. The highest BCUT2D eigenvalue weighted by Crippen LogP contribution is 2.19. The highest BCUT2D eigenvalue weighted by atomic mass is 16.6. The number of aromatic nitrogens is 4. The molecule has 0 fully saturated rings. The topological polar surface area (TPSA) is 103 Å². The van der Waals surface area contributed by atoms with Crippen LogP contribution < -0.4 is 9.64 Å². The van der Waals surface area contributed by atoms with Crippen LogP contribution in [-0.2, 0) is 16.1 Å².